The highest BCUT2D eigenvalue weighted by molar-refractivity contribution is 6.33. The topological polar surface area (TPSA) is 135 Å². The van der Waals surface area contributed by atoms with Gasteiger partial charge in [-0.3, -0.25) is 5.41 Å². The summed E-state index contributed by atoms with van der Waals surface area (Å²) in [6, 6.07) is 4.38. The standard InChI is InChI=1S/C17H21ClN6O3/c1-3-4-7-21-17(25)24-12-6-5-10(8-11(12)18)27-16-13(15(20)26-2)14(19)22-9-23-16/h5-6,8-9,20H,3-4,7H2,1-2H3,(H2,19,22,23)(H2,21,24,25). The number of methoxy groups -OCH3 is 1. The number of hydrogen-bond acceptors (Lipinski definition) is 7. The molecule has 0 spiro atoms. The van der Waals surface area contributed by atoms with Crippen LogP contribution in [0.15, 0.2) is 24.5 Å². The van der Waals surface area contributed by atoms with E-state index < -0.39 is 0 Å². The molecule has 10 heteroatoms. The molecule has 0 radical (unpaired) electrons. The van der Waals surface area contributed by atoms with Gasteiger partial charge in [0.05, 0.1) is 17.8 Å². The zero-order valence-electron chi connectivity index (χ0n) is 15.0. The molecule has 0 aliphatic rings. The molecule has 0 unspecified atom stereocenters. The number of halogens is 1. The minimum Gasteiger partial charge on any atom is -0.481 e. The van der Waals surface area contributed by atoms with Gasteiger partial charge in [-0.25, -0.2) is 14.8 Å². The minimum absolute atomic E-state index is 0.0555. The number of hydrogen-bond donors (Lipinski definition) is 4. The molecule has 0 bridgehead atoms. The van der Waals surface area contributed by atoms with Crippen molar-refractivity contribution in [1.29, 1.82) is 5.41 Å². The van der Waals surface area contributed by atoms with E-state index in [2.05, 4.69) is 20.6 Å². The van der Waals surface area contributed by atoms with Crippen molar-refractivity contribution in [2.75, 3.05) is 24.7 Å². The Morgan fingerprint density at radius 3 is 2.81 bits per heavy atom. The van der Waals surface area contributed by atoms with E-state index in [0.717, 1.165) is 12.8 Å². The molecule has 1 aromatic carbocycles. The van der Waals surface area contributed by atoms with E-state index in [9.17, 15) is 4.79 Å². The first-order valence-electron chi connectivity index (χ1n) is 8.21. The number of nitrogens with zero attached hydrogens (tertiary/aromatic N) is 2. The highest BCUT2D eigenvalue weighted by Crippen LogP contribution is 2.31. The maximum Gasteiger partial charge on any atom is 0.319 e. The molecule has 0 saturated heterocycles. The number of anilines is 2. The SMILES string of the molecule is CCCCNC(=O)Nc1ccc(Oc2ncnc(N)c2C(=N)OC)cc1Cl. The van der Waals surface area contributed by atoms with Crippen LogP contribution in [0.25, 0.3) is 0 Å². The summed E-state index contributed by atoms with van der Waals surface area (Å²) in [5.74, 6) is 0.236. The molecule has 0 aliphatic heterocycles. The van der Waals surface area contributed by atoms with Crippen molar-refractivity contribution in [3.05, 3.63) is 35.1 Å². The lowest BCUT2D eigenvalue weighted by Crippen LogP contribution is -2.29. The molecule has 0 atom stereocenters. The summed E-state index contributed by atoms with van der Waals surface area (Å²) >= 11 is 6.22. The number of nitrogens with one attached hydrogen (secondary N) is 3. The predicted molar refractivity (Wildman–Crippen MR) is 104 cm³/mol. The fourth-order valence-corrected chi connectivity index (χ4v) is 2.31. The van der Waals surface area contributed by atoms with Crippen LogP contribution in [-0.4, -0.2) is 35.6 Å². The van der Waals surface area contributed by atoms with E-state index in [0.29, 0.717) is 18.0 Å². The normalized spacial score (nSPS) is 10.2. The Kier molecular flexibility index (Phi) is 7.18. The molecule has 2 amide bonds. The molecule has 27 heavy (non-hydrogen) atoms. The van der Waals surface area contributed by atoms with E-state index in [4.69, 9.17) is 32.2 Å². The molecular weight excluding hydrogens is 372 g/mol. The van der Waals surface area contributed by atoms with Gasteiger partial charge in [-0.1, -0.05) is 24.9 Å². The van der Waals surface area contributed by atoms with E-state index in [1.54, 1.807) is 12.1 Å². The van der Waals surface area contributed by atoms with Crippen molar-refractivity contribution >= 4 is 35.0 Å². The van der Waals surface area contributed by atoms with E-state index in [1.165, 1.54) is 19.5 Å². The Morgan fingerprint density at radius 2 is 2.15 bits per heavy atom. The highest BCUT2D eigenvalue weighted by Gasteiger charge is 2.18. The number of ether oxygens (including phenoxy) is 2. The van der Waals surface area contributed by atoms with Gasteiger partial charge in [-0.15, -0.1) is 0 Å². The van der Waals surface area contributed by atoms with Crippen LogP contribution in [0.3, 0.4) is 0 Å². The number of amides is 2. The first-order chi connectivity index (χ1) is 13.0. The zero-order chi connectivity index (χ0) is 19.8. The Bertz CT molecular complexity index is 830. The summed E-state index contributed by atoms with van der Waals surface area (Å²) in [7, 11) is 1.33. The fraction of sp³-hybridized carbons (Fsp3) is 0.294. The maximum absolute atomic E-state index is 11.8. The number of benzene rings is 1. The second kappa shape index (κ2) is 9.58. The molecule has 2 rings (SSSR count). The quantitative estimate of drug-likeness (QED) is 0.324. The van der Waals surface area contributed by atoms with Gasteiger partial charge in [0.25, 0.3) is 0 Å². The summed E-state index contributed by atoms with van der Waals surface area (Å²) in [4.78, 5) is 19.6. The summed E-state index contributed by atoms with van der Waals surface area (Å²) < 4.78 is 10.6. The third-order valence-corrected chi connectivity index (χ3v) is 3.80. The second-order valence-electron chi connectivity index (χ2n) is 5.45. The Labute approximate surface area is 161 Å². The molecule has 1 aromatic heterocycles. The van der Waals surface area contributed by atoms with Gasteiger partial charge in [0.2, 0.25) is 11.8 Å². The van der Waals surface area contributed by atoms with Crippen LogP contribution in [0.2, 0.25) is 5.02 Å². The molecule has 0 saturated carbocycles. The van der Waals surface area contributed by atoms with Gasteiger partial charge >= 0.3 is 6.03 Å². The van der Waals surface area contributed by atoms with Gasteiger partial charge in [0.15, 0.2) is 0 Å². The second-order valence-corrected chi connectivity index (χ2v) is 5.86. The third kappa shape index (κ3) is 5.45. The number of nitrogen functional groups attached to an aromatic ring is 1. The summed E-state index contributed by atoms with van der Waals surface area (Å²) in [6.45, 7) is 2.63. The minimum atomic E-state index is -0.335. The molecule has 5 N–H and O–H groups in total. The van der Waals surface area contributed by atoms with Crippen LogP contribution in [0, 0.1) is 5.41 Å². The van der Waals surface area contributed by atoms with E-state index in [-0.39, 0.29) is 34.2 Å². The van der Waals surface area contributed by atoms with E-state index >= 15 is 0 Å². The lowest BCUT2D eigenvalue weighted by Gasteiger charge is -2.13. The van der Waals surface area contributed by atoms with Gasteiger partial charge in [-0.05, 0) is 18.6 Å². The van der Waals surface area contributed by atoms with Crippen LogP contribution < -0.4 is 21.1 Å². The molecule has 2 aromatic rings. The average molecular weight is 393 g/mol. The molecule has 0 aliphatic carbocycles. The average Bonchev–Trinajstić information content (AvgIpc) is 2.64. The predicted octanol–water partition coefficient (Wildman–Crippen LogP) is 3.40. The maximum atomic E-state index is 11.8. The van der Waals surface area contributed by atoms with Crippen LogP contribution in [0.5, 0.6) is 11.6 Å². The summed E-state index contributed by atoms with van der Waals surface area (Å²) in [6.07, 6.45) is 3.10. The molecular formula is C17H21ClN6O3. The number of urea groups is 1. The lowest BCUT2D eigenvalue weighted by molar-refractivity contribution is 0.252. The number of rotatable bonds is 7. The lowest BCUT2D eigenvalue weighted by atomic mass is 10.2. The number of aromatic nitrogens is 2. The number of carbonyl (C=O) groups is 1. The summed E-state index contributed by atoms with van der Waals surface area (Å²) in [5.41, 5.74) is 6.35. The largest absolute Gasteiger partial charge is 0.481 e. The first-order valence-corrected chi connectivity index (χ1v) is 8.59. The van der Waals surface area contributed by atoms with Crippen LogP contribution in [0.1, 0.15) is 25.3 Å². The van der Waals surface area contributed by atoms with Gasteiger partial charge in [0, 0.05) is 12.6 Å². The van der Waals surface area contributed by atoms with Crippen LogP contribution in [-0.2, 0) is 4.74 Å². The van der Waals surface area contributed by atoms with Gasteiger partial charge in [-0.2, -0.15) is 0 Å². The molecule has 144 valence electrons. The van der Waals surface area contributed by atoms with Crippen LogP contribution in [0.4, 0.5) is 16.3 Å². The van der Waals surface area contributed by atoms with Gasteiger partial charge < -0.3 is 25.8 Å². The first kappa shape index (κ1) is 20.2. The molecule has 9 nitrogen and oxygen atoms in total. The Hall–Kier alpha value is -3.07. The fourth-order valence-electron chi connectivity index (χ4n) is 2.09. The third-order valence-electron chi connectivity index (χ3n) is 3.49. The van der Waals surface area contributed by atoms with Crippen molar-refractivity contribution < 1.29 is 14.3 Å². The van der Waals surface area contributed by atoms with Crippen LogP contribution >= 0.6 is 11.6 Å². The number of unbranched alkanes of at least 4 members (excludes halogenated alkanes) is 1. The monoisotopic (exact) mass is 392 g/mol. The number of carbonyl (C=O) groups excluding carboxylic acids is 1. The van der Waals surface area contributed by atoms with Crippen molar-refractivity contribution in [2.24, 2.45) is 0 Å². The smallest absolute Gasteiger partial charge is 0.319 e. The molecule has 1 heterocycles. The molecule has 0 fully saturated rings. The van der Waals surface area contributed by atoms with Gasteiger partial charge in [0.1, 0.15) is 23.5 Å². The van der Waals surface area contributed by atoms with E-state index in [1.807, 2.05) is 6.92 Å². The van der Waals surface area contributed by atoms with Crippen molar-refractivity contribution in [1.82, 2.24) is 15.3 Å². The zero-order valence-corrected chi connectivity index (χ0v) is 15.8. The number of nitrogens with two attached hydrogens (primary N) is 1. The van der Waals surface area contributed by atoms with Crippen molar-refractivity contribution in [2.45, 2.75) is 19.8 Å². The van der Waals surface area contributed by atoms with Crippen molar-refractivity contribution in [3.63, 3.8) is 0 Å². The Balaban J connectivity index is 2.14. The Morgan fingerprint density at radius 1 is 1.37 bits per heavy atom. The highest BCUT2D eigenvalue weighted by atomic mass is 35.5. The summed E-state index contributed by atoms with van der Waals surface area (Å²) in [5, 5.41) is 13.5. The van der Waals surface area contributed by atoms with Crippen molar-refractivity contribution in [3.8, 4) is 11.6 Å².